The second kappa shape index (κ2) is 7.81. The molecule has 5 nitrogen and oxygen atoms in total. The Morgan fingerprint density at radius 1 is 1.29 bits per heavy atom. The second-order valence-corrected chi connectivity index (χ2v) is 6.88. The van der Waals surface area contributed by atoms with Crippen molar-refractivity contribution in [1.29, 1.82) is 0 Å². The summed E-state index contributed by atoms with van der Waals surface area (Å²) in [7, 11) is 4.30. The van der Waals surface area contributed by atoms with Gasteiger partial charge in [0.2, 0.25) is 0 Å². The van der Waals surface area contributed by atoms with Crippen LogP contribution < -0.4 is 10.6 Å². The maximum absolute atomic E-state index is 4.36. The van der Waals surface area contributed by atoms with Gasteiger partial charge in [0, 0.05) is 44.2 Å². The predicted molar refractivity (Wildman–Crippen MR) is 99.3 cm³/mol. The van der Waals surface area contributed by atoms with Crippen molar-refractivity contribution in [3.8, 4) is 0 Å². The third-order valence-corrected chi connectivity index (χ3v) is 4.89. The Bertz CT molecular complexity index is 631. The van der Waals surface area contributed by atoms with Gasteiger partial charge in [0.05, 0.1) is 6.20 Å². The van der Waals surface area contributed by atoms with E-state index in [0.29, 0.717) is 12.0 Å². The molecule has 2 aromatic rings. The van der Waals surface area contributed by atoms with Crippen LogP contribution in [0.3, 0.4) is 0 Å². The molecule has 24 heavy (non-hydrogen) atoms. The zero-order valence-electron chi connectivity index (χ0n) is 15.0. The Hall–Kier alpha value is -1.85. The normalized spacial score (nSPS) is 18.2. The molecule has 0 bridgehead atoms. The minimum Gasteiger partial charge on any atom is -0.370 e. The van der Waals surface area contributed by atoms with E-state index < -0.39 is 0 Å². The summed E-state index contributed by atoms with van der Waals surface area (Å²) in [4.78, 5) is 2.29. The van der Waals surface area contributed by atoms with Crippen LogP contribution in [0, 0.1) is 5.92 Å². The summed E-state index contributed by atoms with van der Waals surface area (Å²) >= 11 is 0. The fraction of sp³-hybridized carbons (Fsp3) is 0.526. The molecule has 1 aliphatic rings. The average Bonchev–Trinajstić information content (AvgIpc) is 3.06. The number of fused-ring (bicyclic) bond motifs is 1. The van der Waals surface area contributed by atoms with Crippen LogP contribution >= 0.6 is 0 Å². The zero-order valence-corrected chi connectivity index (χ0v) is 15.0. The van der Waals surface area contributed by atoms with E-state index >= 15 is 0 Å². The topological polar surface area (TPSA) is 45.1 Å². The molecular formula is C19H29N5. The van der Waals surface area contributed by atoms with E-state index in [9.17, 15) is 0 Å². The van der Waals surface area contributed by atoms with Crippen LogP contribution in [-0.2, 0) is 13.0 Å². The van der Waals surface area contributed by atoms with Crippen LogP contribution in [0.5, 0.6) is 0 Å². The first-order valence-electron chi connectivity index (χ1n) is 8.89. The van der Waals surface area contributed by atoms with Crippen molar-refractivity contribution in [3.63, 3.8) is 0 Å². The van der Waals surface area contributed by atoms with Gasteiger partial charge in [0.1, 0.15) is 5.82 Å². The number of hydrogen-bond acceptors (Lipinski definition) is 4. The first kappa shape index (κ1) is 17.0. The van der Waals surface area contributed by atoms with Gasteiger partial charge in [0.15, 0.2) is 0 Å². The zero-order chi connectivity index (χ0) is 16.9. The Morgan fingerprint density at radius 3 is 2.79 bits per heavy atom. The van der Waals surface area contributed by atoms with Crippen molar-refractivity contribution in [1.82, 2.24) is 20.0 Å². The molecule has 1 aliphatic heterocycles. The van der Waals surface area contributed by atoms with Gasteiger partial charge >= 0.3 is 0 Å². The maximum Gasteiger partial charge on any atom is 0.124 e. The summed E-state index contributed by atoms with van der Waals surface area (Å²) in [6, 6.07) is 11.5. The van der Waals surface area contributed by atoms with Crippen molar-refractivity contribution in [2.45, 2.75) is 25.9 Å². The monoisotopic (exact) mass is 327 g/mol. The summed E-state index contributed by atoms with van der Waals surface area (Å²) in [5.41, 5.74) is 2.77. The number of rotatable bonds is 7. The van der Waals surface area contributed by atoms with Gasteiger partial charge in [-0.3, -0.25) is 0 Å². The largest absolute Gasteiger partial charge is 0.370 e. The minimum absolute atomic E-state index is 0.396. The lowest BCUT2D eigenvalue weighted by Gasteiger charge is -2.28. The highest BCUT2D eigenvalue weighted by Crippen LogP contribution is 2.19. The van der Waals surface area contributed by atoms with E-state index in [1.54, 1.807) is 0 Å². The van der Waals surface area contributed by atoms with Gasteiger partial charge in [-0.25, -0.2) is 4.68 Å². The lowest BCUT2D eigenvalue weighted by atomic mass is 10.0. The van der Waals surface area contributed by atoms with E-state index in [1.807, 2.05) is 12.3 Å². The van der Waals surface area contributed by atoms with E-state index in [2.05, 4.69) is 70.6 Å². The van der Waals surface area contributed by atoms with Crippen LogP contribution in [0.2, 0.25) is 0 Å². The number of aryl methyl sites for hydroxylation is 1. The summed E-state index contributed by atoms with van der Waals surface area (Å²) in [5, 5.41) is 11.5. The molecule has 2 heterocycles. The highest BCUT2D eigenvalue weighted by atomic mass is 15.3. The molecule has 0 amide bonds. The number of aromatic nitrogens is 2. The number of likely N-dealkylation sites (N-methyl/N-ethyl adjacent to an activating group) is 1. The first-order valence-corrected chi connectivity index (χ1v) is 8.89. The summed E-state index contributed by atoms with van der Waals surface area (Å²) in [6.07, 6.45) is 2.95. The van der Waals surface area contributed by atoms with Crippen molar-refractivity contribution < 1.29 is 0 Å². The predicted octanol–water partition coefficient (Wildman–Crippen LogP) is 2.38. The second-order valence-electron chi connectivity index (χ2n) is 6.88. The Morgan fingerprint density at radius 2 is 2.08 bits per heavy atom. The minimum atomic E-state index is 0.396. The lowest BCUT2D eigenvalue weighted by molar-refractivity contribution is 0.279. The van der Waals surface area contributed by atoms with Gasteiger partial charge in [0.25, 0.3) is 0 Å². The molecule has 2 atom stereocenters. The summed E-state index contributed by atoms with van der Waals surface area (Å²) in [6.45, 7) is 6.16. The molecular weight excluding hydrogens is 298 g/mol. The third kappa shape index (κ3) is 3.97. The van der Waals surface area contributed by atoms with Gasteiger partial charge in [-0.1, -0.05) is 31.2 Å². The van der Waals surface area contributed by atoms with E-state index in [0.717, 1.165) is 38.4 Å². The fourth-order valence-electron chi connectivity index (χ4n) is 3.32. The van der Waals surface area contributed by atoms with Crippen molar-refractivity contribution >= 4 is 5.82 Å². The fourth-order valence-corrected chi connectivity index (χ4v) is 3.32. The number of anilines is 1. The van der Waals surface area contributed by atoms with Gasteiger partial charge in [-0.05, 0) is 31.6 Å². The van der Waals surface area contributed by atoms with Crippen molar-refractivity contribution in [2.24, 2.45) is 5.92 Å². The van der Waals surface area contributed by atoms with Crippen LogP contribution in [-0.4, -0.2) is 48.4 Å². The number of benzene rings is 1. The van der Waals surface area contributed by atoms with Crippen molar-refractivity contribution in [2.75, 3.05) is 39.0 Å². The van der Waals surface area contributed by atoms with E-state index in [4.69, 9.17) is 0 Å². The maximum atomic E-state index is 4.36. The SMILES string of the molecule is CCc1ccc(C(CNCC2CNc3ccnn3C2)N(C)C)cc1. The lowest BCUT2D eigenvalue weighted by Crippen LogP contribution is -2.38. The summed E-state index contributed by atoms with van der Waals surface area (Å²) in [5.74, 6) is 1.70. The standard InChI is InChI=1S/C19H29N5/c1-4-15-5-7-17(8-6-15)18(23(2)3)13-20-11-16-12-21-19-9-10-22-24(19)14-16/h5-10,16,18,20-21H,4,11-14H2,1-3H3. The average molecular weight is 327 g/mol. The molecule has 2 N–H and O–H groups in total. The molecule has 0 aliphatic carbocycles. The van der Waals surface area contributed by atoms with E-state index in [1.165, 1.54) is 11.1 Å². The van der Waals surface area contributed by atoms with Crippen LogP contribution in [0.15, 0.2) is 36.5 Å². The number of hydrogen-bond donors (Lipinski definition) is 2. The van der Waals surface area contributed by atoms with Crippen LogP contribution in [0.25, 0.3) is 0 Å². The molecule has 0 radical (unpaired) electrons. The first-order chi connectivity index (χ1) is 11.7. The molecule has 130 valence electrons. The molecule has 0 saturated carbocycles. The molecule has 0 fully saturated rings. The number of nitrogens with zero attached hydrogens (tertiary/aromatic N) is 3. The van der Waals surface area contributed by atoms with Gasteiger partial charge in [-0.15, -0.1) is 0 Å². The highest BCUT2D eigenvalue weighted by molar-refractivity contribution is 5.35. The smallest absolute Gasteiger partial charge is 0.124 e. The van der Waals surface area contributed by atoms with Crippen LogP contribution in [0.4, 0.5) is 5.82 Å². The molecule has 0 saturated heterocycles. The Kier molecular flexibility index (Phi) is 5.53. The molecule has 1 aromatic carbocycles. The molecule has 0 spiro atoms. The molecule has 1 aromatic heterocycles. The highest BCUT2D eigenvalue weighted by Gasteiger charge is 2.19. The Balaban J connectivity index is 1.53. The quantitative estimate of drug-likeness (QED) is 0.820. The Labute approximate surface area is 145 Å². The molecule has 3 rings (SSSR count). The van der Waals surface area contributed by atoms with Gasteiger partial charge in [-0.2, -0.15) is 5.10 Å². The van der Waals surface area contributed by atoms with E-state index in [-0.39, 0.29) is 0 Å². The van der Waals surface area contributed by atoms with Gasteiger partial charge < -0.3 is 15.5 Å². The molecule has 2 unspecified atom stereocenters. The molecule has 5 heteroatoms. The van der Waals surface area contributed by atoms with Crippen molar-refractivity contribution in [3.05, 3.63) is 47.7 Å². The number of nitrogens with one attached hydrogen (secondary N) is 2. The van der Waals surface area contributed by atoms with Crippen LogP contribution in [0.1, 0.15) is 24.1 Å². The summed E-state index contributed by atoms with van der Waals surface area (Å²) < 4.78 is 2.06. The third-order valence-electron chi connectivity index (χ3n) is 4.89.